The first-order valence-corrected chi connectivity index (χ1v) is 5.70. The molecule has 0 spiro atoms. The molecule has 92 valence electrons. The molecule has 1 aromatic carbocycles. The molecule has 1 heterocycles. The Morgan fingerprint density at radius 3 is 2.83 bits per heavy atom. The van der Waals surface area contributed by atoms with Crippen LogP contribution in [0, 0.1) is 6.92 Å². The van der Waals surface area contributed by atoms with Gasteiger partial charge < -0.3 is 0 Å². The van der Waals surface area contributed by atoms with Crippen LogP contribution in [0.4, 0.5) is 5.69 Å². The second-order valence-corrected chi connectivity index (χ2v) is 4.29. The van der Waals surface area contributed by atoms with Gasteiger partial charge in [0.05, 0.1) is 18.4 Å². The number of hydrogen-bond acceptors (Lipinski definition) is 3. The predicted molar refractivity (Wildman–Crippen MR) is 72.3 cm³/mol. The van der Waals surface area contributed by atoms with Crippen molar-refractivity contribution < 1.29 is 4.79 Å². The summed E-state index contributed by atoms with van der Waals surface area (Å²) in [5, 5.41) is 4.17. The number of rotatable bonds is 4. The average Bonchev–Trinajstić information content (AvgIpc) is 2.76. The Kier molecular flexibility index (Phi) is 3.37. The average molecular weight is 241 g/mol. The zero-order chi connectivity index (χ0) is 13.1. The molecule has 0 N–H and O–H groups in total. The maximum atomic E-state index is 11.0. The summed E-state index contributed by atoms with van der Waals surface area (Å²) in [6.45, 7) is 7.38. The van der Waals surface area contributed by atoms with Crippen molar-refractivity contribution in [2.45, 2.75) is 20.4 Å². The Balaban J connectivity index is 2.31. The van der Waals surface area contributed by atoms with Crippen LogP contribution >= 0.6 is 0 Å². The van der Waals surface area contributed by atoms with E-state index in [1.807, 2.05) is 31.3 Å². The van der Waals surface area contributed by atoms with Gasteiger partial charge in [-0.25, -0.2) is 0 Å². The number of aliphatic imine (C=N–C) groups is 1. The number of aryl methyl sites for hydroxylation is 1. The number of Topliss-reactive ketones (excluding diaryl/α,β-unsaturated/α-hetero) is 1. The normalized spacial score (nSPS) is 10.3. The van der Waals surface area contributed by atoms with Crippen LogP contribution in [-0.2, 0) is 11.3 Å². The number of carbonyl (C=O) groups is 1. The molecule has 0 aliphatic heterocycles. The Bertz CT molecular complexity index is 599. The van der Waals surface area contributed by atoms with Crippen LogP contribution < -0.4 is 0 Å². The highest BCUT2D eigenvalue weighted by atomic mass is 16.1. The molecule has 0 fully saturated rings. The number of nitrogens with zero attached hydrogens (tertiary/aromatic N) is 3. The van der Waals surface area contributed by atoms with Crippen molar-refractivity contribution in [2.75, 3.05) is 0 Å². The molecule has 18 heavy (non-hydrogen) atoms. The van der Waals surface area contributed by atoms with Crippen LogP contribution in [0.15, 0.2) is 35.6 Å². The fraction of sp³-hybridized carbons (Fsp3) is 0.214. The van der Waals surface area contributed by atoms with Crippen LogP contribution in [0.1, 0.15) is 12.5 Å². The number of carbonyl (C=O) groups excluding carboxylic acids is 1. The van der Waals surface area contributed by atoms with Crippen molar-refractivity contribution in [1.29, 1.82) is 0 Å². The zero-order valence-corrected chi connectivity index (χ0v) is 10.6. The summed E-state index contributed by atoms with van der Waals surface area (Å²) < 4.78 is 1.65. The van der Waals surface area contributed by atoms with Gasteiger partial charge >= 0.3 is 0 Å². The number of aromatic nitrogens is 2. The highest BCUT2D eigenvalue weighted by Gasteiger charge is 2.05. The maximum Gasteiger partial charge on any atom is 0.151 e. The van der Waals surface area contributed by atoms with Gasteiger partial charge in [-0.3, -0.25) is 14.5 Å². The van der Waals surface area contributed by atoms with E-state index in [4.69, 9.17) is 0 Å². The van der Waals surface area contributed by atoms with E-state index in [-0.39, 0.29) is 5.78 Å². The lowest BCUT2D eigenvalue weighted by Crippen LogP contribution is -2.05. The molecule has 1 aromatic heterocycles. The Labute approximate surface area is 106 Å². The number of hydrogen-bond donors (Lipinski definition) is 0. The second-order valence-electron chi connectivity index (χ2n) is 4.29. The third-order valence-corrected chi connectivity index (χ3v) is 2.72. The monoisotopic (exact) mass is 241 g/mol. The maximum absolute atomic E-state index is 11.0. The van der Waals surface area contributed by atoms with Crippen molar-refractivity contribution in [3.8, 4) is 11.1 Å². The topological polar surface area (TPSA) is 47.2 Å². The highest BCUT2D eigenvalue weighted by molar-refractivity contribution is 5.75. The lowest BCUT2D eigenvalue weighted by atomic mass is 10.1. The zero-order valence-electron chi connectivity index (χ0n) is 10.6. The van der Waals surface area contributed by atoms with Gasteiger partial charge in [-0.2, -0.15) is 5.10 Å². The van der Waals surface area contributed by atoms with Gasteiger partial charge in [0.15, 0.2) is 5.78 Å². The van der Waals surface area contributed by atoms with E-state index in [1.54, 1.807) is 17.8 Å². The van der Waals surface area contributed by atoms with E-state index in [2.05, 4.69) is 16.8 Å². The minimum absolute atomic E-state index is 0.0898. The minimum Gasteiger partial charge on any atom is -0.298 e. The summed E-state index contributed by atoms with van der Waals surface area (Å²) in [4.78, 5) is 15.0. The molecule has 2 aromatic rings. The van der Waals surface area contributed by atoms with E-state index in [9.17, 15) is 4.79 Å². The summed E-state index contributed by atoms with van der Waals surface area (Å²) >= 11 is 0. The first kappa shape index (κ1) is 12.2. The predicted octanol–water partition coefficient (Wildman–Crippen LogP) is 2.78. The van der Waals surface area contributed by atoms with Crippen molar-refractivity contribution in [1.82, 2.24) is 9.78 Å². The molecule has 4 nitrogen and oxygen atoms in total. The standard InChI is InChI=1S/C14H15N3O/c1-10-6-12(4-5-14(10)15-3)13-7-16-17(9-13)8-11(2)18/h4-7,9H,3,8H2,1-2H3. The van der Waals surface area contributed by atoms with Crippen LogP contribution in [-0.4, -0.2) is 22.3 Å². The Hall–Kier alpha value is -2.23. The minimum atomic E-state index is 0.0898. The molecule has 0 amide bonds. The van der Waals surface area contributed by atoms with Gasteiger partial charge in [0, 0.05) is 11.8 Å². The lowest BCUT2D eigenvalue weighted by molar-refractivity contribution is -0.117. The SMILES string of the molecule is C=Nc1ccc(-c2cnn(CC(C)=O)c2)cc1C. The lowest BCUT2D eigenvalue weighted by Gasteiger charge is -2.02. The first-order chi connectivity index (χ1) is 8.60. The molecule has 0 aliphatic rings. The fourth-order valence-corrected chi connectivity index (χ4v) is 1.84. The molecule has 0 saturated heterocycles. The van der Waals surface area contributed by atoms with Gasteiger partial charge in [0.25, 0.3) is 0 Å². The Morgan fingerprint density at radius 1 is 1.44 bits per heavy atom. The van der Waals surface area contributed by atoms with E-state index < -0.39 is 0 Å². The largest absolute Gasteiger partial charge is 0.298 e. The van der Waals surface area contributed by atoms with Crippen LogP contribution in [0.3, 0.4) is 0 Å². The summed E-state index contributed by atoms with van der Waals surface area (Å²) in [6.07, 6.45) is 3.63. The van der Waals surface area contributed by atoms with E-state index in [0.29, 0.717) is 6.54 Å². The third kappa shape index (κ3) is 2.53. The molecule has 0 aliphatic carbocycles. The van der Waals surface area contributed by atoms with Gasteiger partial charge in [0.2, 0.25) is 0 Å². The second kappa shape index (κ2) is 4.96. The molecule has 2 rings (SSSR count). The van der Waals surface area contributed by atoms with Gasteiger partial charge in [-0.1, -0.05) is 6.07 Å². The van der Waals surface area contributed by atoms with E-state index in [1.165, 1.54) is 0 Å². The van der Waals surface area contributed by atoms with Gasteiger partial charge in [-0.15, -0.1) is 0 Å². The summed E-state index contributed by atoms with van der Waals surface area (Å²) in [5.41, 5.74) is 4.02. The number of benzene rings is 1. The van der Waals surface area contributed by atoms with Crippen molar-refractivity contribution in [3.05, 3.63) is 36.2 Å². The van der Waals surface area contributed by atoms with E-state index in [0.717, 1.165) is 22.4 Å². The summed E-state index contributed by atoms with van der Waals surface area (Å²) in [6, 6.07) is 5.95. The molecular weight excluding hydrogens is 226 g/mol. The van der Waals surface area contributed by atoms with Gasteiger partial charge in [0.1, 0.15) is 0 Å². The van der Waals surface area contributed by atoms with Crippen molar-refractivity contribution in [3.63, 3.8) is 0 Å². The highest BCUT2D eigenvalue weighted by Crippen LogP contribution is 2.25. The first-order valence-electron chi connectivity index (χ1n) is 5.70. The van der Waals surface area contributed by atoms with Gasteiger partial charge in [-0.05, 0) is 43.8 Å². The Morgan fingerprint density at radius 2 is 2.22 bits per heavy atom. The molecule has 0 unspecified atom stereocenters. The smallest absolute Gasteiger partial charge is 0.151 e. The quantitative estimate of drug-likeness (QED) is 0.773. The van der Waals surface area contributed by atoms with E-state index >= 15 is 0 Å². The molecule has 0 bridgehead atoms. The van der Waals surface area contributed by atoms with Crippen LogP contribution in [0.25, 0.3) is 11.1 Å². The third-order valence-electron chi connectivity index (χ3n) is 2.72. The summed E-state index contributed by atoms with van der Waals surface area (Å²) in [7, 11) is 0. The van der Waals surface area contributed by atoms with Crippen LogP contribution in [0.5, 0.6) is 0 Å². The molecule has 0 atom stereocenters. The number of ketones is 1. The summed E-state index contributed by atoms with van der Waals surface area (Å²) in [5.74, 6) is 0.0898. The van der Waals surface area contributed by atoms with Crippen molar-refractivity contribution >= 4 is 18.2 Å². The molecule has 0 radical (unpaired) electrons. The molecule has 0 saturated carbocycles. The molecular formula is C14H15N3O. The van der Waals surface area contributed by atoms with Crippen molar-refractivity contribution in [2.24, 2.45) is 4.99 Å². The molecule has 4 heteroatoms. The van der Waals surface area contributed by atoms with Crippen LogP contribution in [0.2, 0.25) is 0 Å². The fourth-order valence-electron chi connectivity index (χ4n) is 1.84.